The van der Waals surface area contributed by atoms with E-state index in [1.165, 1.54) is 6.21 Å². The van der Waals surface area contributed by atoms with Gasteiger partial charge in [-0.25, -0.2) is 10.2 Å². The number of esters is 1. The Kier molecular flexibility index (Phi) is 6.00. The van der Waals surface area contributed by atoms with Crippen LogP contribution in [0.5, 0.6) is 5.75 Å². The van der Waals surface area contributed by atoms with Crippen LogP contribution in [0.1, 0.15) is 26.3 Å². The number of nitrogens with zero attached hydrogens (tertiary/aromatic N) is 2. The summed E-state index contributed by atoms with van der Waals surface area (Å²) < 4.78 is 7.35. The lowest BCUT2D eigenvalue weighted by atomic mass is 10.1. The highest BCUT2D eigenvalue weighted by molar-refractivity contribution is 5.98. The predicted octanol–water partition coefficient (Wildman–Crippen LogP) is 4.46. The number of nitrogens with one attached hydrogen (secondary N) is 1. The van der Waals surface area contributed by atoms with Crippen molar-refractivity contribution in [2.24, 2.45) is 5.10 Å². The fraction of sp³-hybridized carbons (Fsp3) is 0. The molecule has 0 aliphatic carbocycles. The number of hydrazone groups is 1. The molecule has 1 N–H and O–H groups in total. The molecule has 0 aliphatic rings. The van der Waals surface area contributed by atoms with Crippen molar-refractivity contribution >= 4 is 18.1 Å². The van der Waals surface area contributed by atoms with Gasteiger partial charge >= 0.3 is 5.97 Å². The average Bonchev–Trinajstić information content (AvgIpc) is 3.35. The Hall–Kier alpha value is -4.45. The van der Waals surface area contributed by atoms with Crippen LogP contribution >= 0.6 is 0 Å². The molecule has 0 saturated carbocycles. The van der Waals surface area contributed by atoms with E-state index < -0.39 is 5.97 Å². The Labute approximate surface area is 179 Å². The van der Waals surface area contributed by atoms with E-state index in [0.29, 0.717) is 22.4 Å². The first-order chi connectivity index (χ1) is 15.2. The molecule has 0 atom stereocenters. The van der Waals surface area contributed by atoms with Crippen LogP contribution < -0.4 is 10.2 Å². The number of rotatable bonds is 6. The van der Waals surface area contributed by atoms with Crippen LogP contribution in [0, 0.1) is 0 Å². The number of aromatic nitrogens is 1. The van der Waals surface area contributed by atoms with Gasteiger partial charge < -0.3 is 9.30 Å². The molecule has 152 valence electrons. The lowest BCUT2D eigenvalue weighted by molar-refractivity contribution is 0.0734. The van der Waals surface area contributed by atoms with Gasteiger partial charge in [-0.1, -0.05) is 42.5 Å². The largest absolute Gasteiger partial charge is 0.422 e. The molecule has 0 unspecified atom stereocenters. The summed E-state index contributed by atoms with van der Waals surface area (Å²) in [6, 6.07) is 26.7. The molecular formula is C25H19N3O3. The number of ether oxygens (including phenoxy) is 1. The second kappa shape index (κ2) is 9.37. The van der Waals surface area contributed by atoms with Gasteiger partial charge in [0.2, 0.25) is 0 Å². The van der Waals surface area contributed by atoms with Crippen LogP contribution in [0.2, 0.25) is 0 Å². The van der Waals surface area contributed by atoms with Crippen molar-refractivity contribution in [2.45, 2.75) is 0 Å². The van der Waals surface area contributed by atoms with Gasteiger partial charge in [0.25, 0.3) is 5.91 Å². The van der Waals surface area contributed by atoms with E-state index in [1.807, 2.05) is 47.3 Å². The minimum atomic E-state index is -0.467. The smallest absolute Gasteiger partial charge is 0.343 e. The number of benzene rings is 3. The van der Waals surface area contributed by atoms with Gasteiger partial charge in [-0.3, -0.25) is 4.79 Å². The van der Waals surface area contributed by atoms with Gasteiger partial charge in [0.1, 0.15) is 5.75 Å². The number of carbonyl (C=O) groups is 2. The van der Waals surface area contributed by atoms with E-state index in [9.17, 15) is 9.59 Å². The van der Waals surface area contributed by atoms with Crippen molar-refractivity contribution < 1.29 is 14.3 Å². The fourth-order valence-electron chi connectivity index (χ4n) is 3.02. The Morgan fingerprint density at radius 2 is 1.48 bits per heavy atom. The number of hydrogen-bond donors (Lipinski definition) is 1. The van der Waals surface area contributed by atoms with E-state index in [2.05, 4.69) is 10.5 Å². The standard InChI is InChI=1S/C25H19N3O3/c29-24(21-13-5-6-14-22(21)28-16-8-9-17-28)27-26-18-20-12-4-7-15-23(20)31-25(30)19-10-2-1-3-11-19/h1-18H,(H,27,29)/b26-18+. The summed E-state index contributed by atoms with van der Waals surface area (Å²) in [6.07, 6.45) is 5.18. The molecule has 6 heteroatoms. The number of amides is 1. The zero-order chi connectivity index (χ0) is 21.5. The monoisotopic (exact) mass is 409 g/mol. The normalized spacial score (nSPS) is 10.7. The van der Waals surface area contributed by atoms with Gasteiger partial charge in [0.15, 0.2) is 0 Å². The fourth-order valence-corrected chi connectivity index (χ4v) is 3.02. The van der Waals surface area contributed by atoms with Crippen LogP contribution in [0.4, 0.5) is 0 Å². The van der Waals surface area contributed by atoms with Gasteiger partial charge in [-0.05, 0) is 48.5 Å². The molecule has 0 radical (unpaired) electrons. The molecule has 3 aromatic carbocycles. The first kappa shape index (κ1) is 19.8. The lowest BCUT2D eigenvalue weighted by Crippen LogP contribution is -2.19. The molecule has 0 bridgehead atoms. The van der Waals surface area contributed by atoms with Gasteiger partial charge in [0, 0.05) is 18.0 Å². The molecule has 0 saturated heterocycles. The van der Waals surface area contributed by atoms with Crippen molar-refractivity contribution in [2.75, 3.05) is 0 Å². The molecule has 1 heterocycles. The summed E-state index contributed by atoms with van der Waals surface area (Å²) in [5.41, 5.74) is 4.78. The first-order valence-electron chi connectivity index (χ1n) is 9.64. The zero-order valence-electron chi connectivity index (χ0n) is 16.5. The molecule has 0 fully saturated rings. The molecular weight excluding hydrogens is 390 g/mol. The topological polar surface area (TPSA) is 72.7 Å². The summed E-state index contributed by atoms with van der Waals surface area (Å²) in [5.74, 6) is -0.465. The maximum Gasteiger partial charge on any atom is 0.343 e. The van der Waals surface area contributed by atoms with Crippen LogP contribution in [-0.2, 0) is 0 Å². The van der Waals surface area contributed by atoms with E-state index >= 15 is 0 Å². The molecule has 1 aromatic heterocycles. The number of hydrogen-bond acceptors (Lipinski definition) is 4. The summed E-state index contributed by atoms with van der Waals surface area (Å²) in [4.78, 5) is 25.0. The second-order valence-electron chi connectivity index (χ2n) is 6.60. The Morgan fingerprint density at radius 3 is 2.29 bits per heavy atom. The molecule has 4 rings (SSSR count). The summed E-state index contributed by atoms with van der Waals surface area (Å²) in [6.45, 7) is 0. The predicted molar refractivity (Wildman–Crippen MR) is 119 cm³/mol. The van der Waals surface area contributed by atoms with Gasteiger partial charge in [-0.2, -0.15) is 5.10 Å². The Bertz CT molecular complexity index is 1220. The molecule has 4 aromatic rings. The minimum Gasteiger partial charge on any atom is -0.422 e. The first-order valence-corrected chi connectivity index (χ1v) is 9.64. The highest BCUT2D eigenvalue weighted by atomic mass is 16.5. The van der Waals surface area contributed by atoms with Crippen molar-refractivity contribution in [3.8, 4) is 11.4 Å². The summed E-state index contributed by atoms with van der Waals surface area (Å²) in [5, 5.41) is 4.06. The summed E-state index contributed by atoms with van der Waals surface area (Å²) in [7, 11) is 0. The minimum absolute atomic E-state index is 0.348. The van der Waals surface area contributed by atoms with Gasteiger partial charge in [-0.15, -0.1) is 0 Å². The molecule has 31 heavy (non-hydrogen) atoms. The highest BCUT2D eigenvalue weighted by Gasteiger charge is 2.12. The lowest BCUT2D eigenvalue weighted by Gasteiger charge is -2.09. The van der Waals surface area contributed by atoms with E-state index in [0.717, 1.165) is 5.69 Å². The maximum atomic E-state index is 12.7. The highest BCUT2D eigenvalue weighted by Crippen LogP contribution is 2.18. The maximum absolute atomic E-state index is 12.7. The molecule has 0 spiro atoms. The second-order valence-corrected chi connectivity index (χ2v) is 6.60. The summed E-state index contributed by atoms with van der Waals surface area (Å²) >= 11 is 0. The third kappa shape index (κ3) is 4.76. The van der Waals surface area contributed by atoms with Crippen LogP contribution in [0.3, 0.4) is 0 Å². The van der Waals surface area contributed by atoms with E-state index in [1.54, 1.807) is 60.7 Å². The van der Waals surface area contributed by atoms with E-state index in [4.69, 9.17) is 4.74 Å². The third-order valence-corrected chi connectivity index (χ3v) is 4.53. The Balaban J connectivity index is 1.48. The van der Waals surface area contributed by atoms with Crippen molar-refractivity contribution in [3.63, 3.8) is 0 Å². The average molecular weight is 409 g/mol. The SMILES string of the molecule is O=C(Oc1ccccc1/C=N/NC(=O)c1ccccc1-n1cccc1)c1ccccc1. The van der Waals surface area contributed by atoms with Crippen molar-refractivity contribution in [1.82, 2.24) is 9.99 Å². The molecule has 1 amide bonds. The Morgan fingerprint density at radius 1 is 0.806 bits per heavy atom. The molecule has 6 nitrogen and oxygen atoms in total. The zero-order valence-corrected chi connectivity index (χ0v) is 16.5. The van der Waals surface area contributed by atoms with Crippen molar-refractivity contribution in [1.29, 1.82) is 0 Å². The third-order valence-electron chi connectivity index (χ3n) is 4.53. The number of carbonyl (C=O) groups excluding carboxylic acids is 2. The van der Waals surface area contributed by atoms with E-state index in [-0.39, 0.29) is 5.91 Å². The number of para-hydroxylation sites is 2. The van der Waals surface area contributed by atoms with Crippen LogP contribution in [0.15, 0.2) is 108 Å². The van der Waals surface area contributed by atoms with Crippen LogP contribution in [-0.4, -0.2) is 22.7 Å². The van der Waals surface area contributed by atoms with Crippen LogP contribution in [0.25, 0.3) is 5.69 Å². The molecule has 0 aliphatic heterocycles. The quantitative estimate of drug-likeness (QED) is 0.221. The van der Waals surface area contributed by atoms with Crippen molar-refractivity contribution in [3.05, 3.63) is 120 Å². The van der Waals surface area contributed by atoms with Gasteiger partial charge in [0.05, 0.1) is 23.0 Å².